The molecule has 2 aliphatic heterocycles. The number of nitrogens with one attached hydrogen (secondary N) is 1. The van der Waals surface area contributed by atoms with Crippen LogP contribution in [-0.4, -0.2) is 48.8 Å². The first kappa shape index (κ1) is 17.2. The van der Waals surface area contributed by atoms with Crippen molar-refractivity contribution in [2.45, 2.75) is 78.0 Å². The van der Waals surface area contributed by atoms with Gasteiger partial charge < -0.3 is 15.0 Å². The van der Waals surface area contributed by atoms with E-state index in [0.717, 1.165) is 6.54 Å². The second-order valence-electron chi connectivity index (χ2n) is 8.65. The Morgan fingerprint density at radius 2 is 1.62 bits per heavy atom. The van der Waals surface area contributed by atoms with Gasteiger partial charge in [0.15, 0.2) is 0 Å². The van der Waals surface area contributed by atoms with Crippen molar-refractivity contribution in [1.82, 2.24) is 10.2 Å². The number of nitrogens with zero attached hydrogens (tertiary/aromatic N) is 1. The predicted molar refractivity (Wildman–Crippen MR) is 89.7 cm³/mol. The molecule has 0 aromatic carbocycles. The van der Waals surface area contributed by atoms with Crippen LogP contribution in [0, 0.1) is 11.3 Å². The molecule has 0 aliphatic carbocycles. The molecule has 3 nitrogen and oxygen atoms in total. The van der Waals surface area contributed by atoms with Crippen LogP contribution in [0.1, 0.15) is 60.8 Å². The zero-order valence-electron chi connectivity index (χ0n) is 15.3. The van der Waals surface area contributed by atoms with Crippen LogP contribution in [0.15, 0.2) is 0 Å². The smallest absolute Gasteiger partial charge is 0.0790 e. The van der Waals surface area contributed by atoms with E-state index in [0.29, 0.717) is 17.4 Å². The number of rotatable bonds is 4. The van der Waals surface area contributed by atoms with Crippen molar-refractivity contribution >= 4 is 0 Å². The minimum atomic E-state index is -0.0867. The maximum atomic E-state index is 6.37. The summed E-state index contributed by atoms with van der Waals surface area (Å²) >= 11 is 0. The molecule has 2 heterocycles. The summed E-state index contributed by atoms with van der Waals surface area (Å²) in [5, 5.41) is 3.53. The third kappa shape index (κ3) is 3.46. The fourth-order valence-corrected chi connectivity index (χ4v) is 4.48. The summed E-state index contributed by atoms with van der Waals surface area (Å²) in [4.78, 5) is 2.67. The van der Waals surface area contributed by atoms with Crippen LogP contribution in [0.4, 0.5) is 0 Å². The van der Waals surface area contributed by atoms with E-state index in [-0.39, 0.29) is 11.2 Å². The number of hydrogen-bond acceptors (Lipinski definition) is 3. The highest BCUT2D eigenvalue weighted by Gasteiger charge is 2.53. The maximum Gasteiger partial charge on any atom is 0.0790 e. The van der Waals surface area contributed by atoms with E-state index < -0.39 is 0 Å². The Labute approximate surface area is 131 Å². The van der Waals surface area contributed by atoms with E-state index in [9.17, 15) is 0 Å². The quantitative estimate of drug-likeness (QED) is 0.861. The van der Waals surface area contributed by atoms with Gasteiger partial charge in [-0.05, 0) is 66.1 Å². The molecule has 0 saturated carbocycles. The molecule has 2 atom stereocenters. The van der Waals surface area contributed by atoms with Crippen LogP contribution >= 0.6 is 0 Å². The summed E-state index contributed by atoms with van der Waals surface area (Å²) in [6.45, 7) is 17.4. The lowest BCUT2D eigenvalue weighted by Crippen LogP contribution is -2.51. The first-order valence-corrected chi connectivity index (χ1v) is 8.73. The summed E-state index contributed by atoms with van der Waals surface area (Å²) in [5.41, 5.74) is 0.430. The highest BCUT2D eigenvalue weighted by molar-refractivity contribution is 5.06. The minimum absolute atomic E-state index is 0.0529. The fraction of sp³-hybridized carbons (Fsp3) is 1.00. The molecule has 3 heteroatoms. The van der Waals surface area contributed by atoms with Gasteiger partial charge in [-0.3, -0.25) is 0 Å². The van der Waals surface area contributed by atoms with Crippen LogP contribution in [-0.2, 0) is 4.74 Å². The molecule has 0 amide bonds. The van der Waals surface area contributed by atoms with Crippen molar-refractivity contribution in [3.8, 4) is 0 Å². The van der Waals surface area contributed by atoms with Gasteiger partial charge in [0.1, 0.15) is 0 Å². The number of piperidine rings is 1. The second-order valence-corrected chi connectivity index (χ2v) is 8.65. The molecule has 1 N–H and O–H groups in total. The molecule has 0 aromatic rings. The molecular weight excluding hydrogens is 260 g/mol. The van der Waals surface area contributed by atoms with Crippen molar-refractivity contribution < 1.29 is 4.74 Å². The molecule has 0 radical (unpaired) electrons. The Morgan fingerprint density at radius 3 is 2.10 bits per heavy atom. The molecule has 0 spiro atoms. The third-order valence-electron chi connectivity index (χ3n) is 6.25. The monoisotopic (exact) mass is 296 g/mol. The first-order valence-electron chi connectivity index (χ1n) is 8.73. The van der Waals surface area contributed by atoms with Gasteiger partial charge in [-0.15, -0.1) is 0 Å². The van der Waals surface area contributed by atoms with Gasteiger partial charge in [0.2, 0.25) is 0 Å². The number of hydrogen-bond donors (Lipinski definition) is 1. The van der Waals surface area contributed by atoms with Crippen LogP contribution in [0.25, 0.3) is 0 Å². The number of likely N-dealkylation sites (N-methyl/N-ethyl adjacent to an activating group) is 1. The Kier molecular flexibility index (Phi) is 4.78. The summed E-state index contributed by atoms with van der Waals surface area (Å²) < 4.78 is 6.37. The minimum Gasteiger partial charge on any atom is -0.368 e. The summed E-state index contributed by atoms with van der Waals surface area (Å²) in [6.07, 6.45) is 3.99. The predicted octanol–water partition coefficient (Wildman–Crippen LogP) is 3.29. The van der Waals surface area contributed by atoms with E-state index >= 15 is 0 Å². The van der Waals surface area contributed by atoms with E-state index in [1.807, 2.05) is 0 Å². The normalized spacial score (nSPS) is 35.0. The third-order valence-corrected chi connectivity index (χ3v) is 6.25. The fourth-order valence-electron chi connectivity index (χ4n) is 4.48. The Morgan fingerprint density at radius 1 is 1.05 bits per heavy atom. The molecule has 2 unspecified atom stereocenters. The highest BCUT2D eigenvalue weighted by atomic mass is 16.5. The molecule has 2 rings (SSSR count). The standard InChI is InChI=1S/C18H36N2O/c1-8-18(6)9-11-20(12-10-18)13-14-15(19-7)17(4,5)21-16(14,2)3/h14-15,19H,8-13H2,1-7H3. The average molecular weight is 296 g/mol. The number of likely N-dealkylation sites (tertiary alicyclic amines) is 1. The highest BCUT2D eigenvalue weighted by Crippen LogP contribution is 2.43. The molecule has 2 aliphatic rings. The molecular formula is C18H36N2O. The van der Waals surface area contributed by atoms with Crippen LogP contribution in [0.2, 0.25) is 0 Å². The molecule has 124 valence electrons. The van der Waals surface area contributed by atoms with E-state index in [1.165, 1.54) is 32.4 Å². The molecule has 0 bridgehead atoms. The Balaban J connectivity index is 2.02. The van der Waals surface area contributed by atoms with Gasteiger partial charge in [-0.2, -0.15) is 0 Å². The number of ether oxygens (including phenoxy) is 1. The average Bonchev–Trinajstić information content (AvgIpc) is 2.56. The van der Waals surface area contributed by atoms with Gasteiger partial charge >= 0.3 is 0 Å². The molecule has 0 aromatic heterocycles. The first-order chi connectivity index (χ1) is 9.63. The van der Waals surface area contributed by atoms with Crippen molar-refractivity contribution in [3.63, 3.8) is 0 Å². The zero-order chi connectivity index (χ0) is 15.9. The summed E-state index contributed by atoms with van der Waals surface area (Å²) in [5.74, 6) is 0.545. The van der Waals surface area contributed by atoms with Crippen LogP contribution in [0.5, 0.6) is 0 Å². The Bertz CT molecular complexity index is 356. The lowest BCUT2D eigenvalue weighted by atomic mass is 9.77. The maximum absolute atomic E-state index is 6.37. The van der Waals surface area contributed by atoms with Crippen molar-refractivity contribution in [2.75, 3.05) is 26.7 Å². The van der Waals surface area contributed by atoms with Crippen molar-refractivity contribution in [2.24, 2.45) is 11.3 Å². The van der Waals surface area contributed by atoms with E-state index in [2.05, 4.69) is 58.8 Å². The van der Waals surface area contributed by atoms with Gasteiger partial charge in [0.25, 0.3) is 0 Å². The lowest BCUT2D eigenvalue weighted by Gasteiger charge is -2.42. The SMILES string of the molecule is CCC1(C)CCN(CC2C(NC)C(C)(C)OC2(C)C)CC1. The molecule has 2 saturated heterocycles. The molecule has 2 fully saturated rings. The van der Waals surface area contributed by atoms with Crippen LogP contribution < -0.4 is 5.32 Å². The van der Waals surface area contributed by atoms with Crippen molar-refractivity contribution in [1.29, 1.82) is 0 Å². The summed E-state index contributed by atoms with van der Waals surface area (Å²) in [7, 11) is 2.08. The largest absolute Gasteiger partial charge is 0.368 e. The van der Waals surface area contributed by atoms with Gasteiger partial charge in [-0.25, -0.2) is 0 Å². The van der Waals surface area contributed by atoms with E-state index in [4.69, 9.17) is 4.74 Å². The summed E-state index contributed by atoms with van der Waals surface area (Å²) in [6, 6.07) is 0.423. The molecule has 21 heavy (non-hydrogen) atoms. The second kappa shape index (κ2) is 5.82. The topological polar surface area (TPSA) is 24.5 Å². The van der Waals surface area contributed by atoms with E-state index in [1.54, 1.807) is 0 Å². The van der Waals surface area contributed by atoms with Crippen molar-refractivity contribution in [3.05, 3.63) is 0 Å². The lowest BCUT2D eigenvalue weighted by molar-refractivity contribution is -0.0801. The van der Waals surface area contributed by atoms with Gasteiger partial charge in [0, 0.05) is 18.5 Å². The zero-order valence-corrected chi connectivity index (χ0v) is 15.3. The Hall–Kier alpha value is -0.120. The van der Waals surface area contributed by atoms with Gasteiger partial charge in [-0.1, -0.05) is 20.3 Å². The van der Waals surface area contributed by atoms with Gasteiger partial charge in [0.05, 0.1) is 11.2 Å². The van der Waals surface area contributed by atoms with Crippen LogP contribution in [0.3, 0.4) is 0 Å².